The number of aromatic nitrogens is 4. The molecular formula is C19H14ClN4O+. The highest BCUT2D eigenvalue weighted by Crippen LogP contribution is 2.14. The van der Waals surface area contributed by atoms with Gasteiger partial charge in [0.25, 0.3) is 0 Å². The van der Waals surface area contributed by atoms with E-state index in [0.29, 0.717) is 10.6 Å². The van der Waals surface area contributed by atoms with Crippen molar-refractivity contribution in [1.82, 2.24) is 15.0 Å². The van der Waals surface area contributed by atoms with Crippen LogP contribution in [0.4, 0.5) is 0 Å². The largest absolute Gasteiger partial charge is 0.287 e. The molecule has 5 nitrogen and oxygen atoms in total. The number of para-hydroxylation sites is 1. The molecule has 0 N–H and O–H groups in total. The van der Waals surface area contributed by atoms with Crippen LogP contribution in [0.5, 0.6) is 0 Å². The molecule has 0 spiro atoms. The predicted octanol–water partition coefficient (Wildman–Crippen LogP) is 3.24. The molecule has 4 rings (SSSR count). The van der Waals surface area contributed by atoms with Crippen molar-refractivity contribution in [2.75, 3.05) is 0 Å². The van der Waals surface area contributed by atoms with E-state index in [-0.39, 0.29) is 12.3 Å². The van der Waals surface area contributed by atoms with Gasteiger partial charge >= 0.3 is 0 Å². The first-order valence-electron chi connectivity index (χ1n) is 7.79. The average molecular weight is 350 g/mol. The number of hydrogen-bond donors (Lipinski definition) is 0. The van der Waals surface area contributed by atoms with Crippen molar-refractivity contribution < 1.29 is 9.36 Å². The minimum Gasteiger partial charge on any atom is -0.287 e. The van der Waals surface area contributed by atoms with Crippen LogP contribution in [-0.2, 0) is 6.54 Å². The molecule has 122 valence electrons. The van der Waals surface area contributed by atoms with Crippen molar-refractivity contribution in [3.8, 4) is 5.69 Å². The maximum atomic E-state index is 12.4. The molecule has 0 saturated heterocycles. The molecule has 0 saturated carbocycles. The van der Waals surface area contributed by atoms with Gasteiger partial charge in [-0.25, -0.2) is 4.68 Å². The van der Waals surface area contributed by atoms with Crippen molar-refractivity contribution in [3.05, 3.63) is 83.6 Å². The molecule has 2 aromatic heterocycles. The lowest BCUT2D eigenvalue weighted by Gasteiger charge is -2.01. The SMILES string of the molecule is O=C(C[n+]1ccc2c(c1)nnn2-c1ccccc1)c1ccc(Cl)cc1. The molecular weight excluding hydrogens is 336 g/mol. The van der Waals surface area contributed by atoms with Crippen LogP contribution >= 0.6 is 11.6 Å². The first-order valence-corrected chi connectivity index (χ1v) is 8.17. The maximum absolute atomic E-state index is 12.4. The lowest BCUT2D eigenvalue weighted by atomic mass is 10.1. The lowest BCUT2D eigenvalue weighted by molar-refractivity contribution is -0.681. The standard InChI is InChI=1S/C19H14ClN4O/c20-15-8-6-14(7-9-15)19(25)13-23-11-10-18-17(12-23)21-22-24(18)16-4-2-1-3-5-16/h1-12H,13H2/q+1. The number of nitrogens with zero attached hydrogens (tertiary/aromatic N) is 4. The maximum Gasteiger partial charge on any atom is 0.227 e. The Hall–Kier alpha value is -3.05. The van der Waals surface area contributed by atoms with E-state index in [4.69, 9.17) is 11.6 Å². The van der Waals surface area contributed by atoms with E-state index < -0.39 is 0 Å². The highest BCUT2D eigenvalue weighted by Gasteiger charge is 2.15. The number of rotatable bonds is 4. The van der Waals surface area contributed by atoms with Crippen LogP contribution in [-0.4, -0.2) is 20.8 Å². The van der Waals surface area contributed by atoms with Gasteiger partial charge in [-0.05, 0) is 36.4 Å². The van der Waals surface area contributed by atoms with Gasteiger partial charge in [0.1, 0.15) is 5.52 Å². The average Bonchev–Trinajstić information content (AvgIpc) is 3.06. The quantitative estimate of drug-likeness (QED) is 0.420. The molecule has 0 fully saturated rings. The monoisotopic (exact) mass is 349 g/mol. The Morgan fingerprint density at radius 2 is 1.80 bits per heavy atom. The van der Waals surface area contributed by atoms with Crippen molar-refractivity contribution in [3.63, 3.8) is 0 Å². The van der Waals surface area contributed by atoms with Crippen LogP contribution in [0.3, 0.4) is 0 Å². The Balaban J connectivity index is 1.62. The van der Waals surface area contributed by atoms with Gasteiger partial charge < -0.3 is 0 Å². The van der Waals surface area contributed by atoms with E-state index in [9.17, 15) is 4.79 Å². The summed E-state index contributed by atoms with van der Waals surface area (Å²) in [5.41, 5.74) is 3.20. The summed E-state index contributed by atoms with van der Waals surface area (Å²) in [5.74, 6) is 0.0106. The molecule has 0 radical (unpaired) electrons. The number of Topliss-reactive ketones (excluding diaryl/α,β-unsaturated/α-hetero) is 1. The second kappa shape index (κ2) is 6.45. The number of carbonyl (C=O) groups excluding carboxylic acids is 1. The molecule has 0 aliphatic carbocycles. The molecule has 0 aliphatic heterocycles. The number of fused-ring (bicyclic) bond motifs is 1. The van der Waals surface area contributed by atoms with Gasteiger partial charge in [0.15, 0.2) is 17.9 Å². The zero-order chi connectivity index (χ0) is 17.2. The van der Waals surface area contributed by atoms with E-state index in [0.717, 1.165) is 16.7 Å². The summed E-state index contributed by atoms with van der Waals surface area (Å²) >= 11 is 5.86. The van der Waals surface area contributed by atoms with Crippen LogP contribution < -0.4 is 4.57 Å². The number of carbonyl (C=O) groups is 1. The summed E-state index contributed by atoms with van der Waals surface area (Å²) in [6.45, 7) is 0.232. The zero-order valence-electron chi connectivity index (χ0n) is 13.2. The van der Waals surface area contributed by atoms with Gasteiger partial charge in [0.2, 0.25) is 12.3 Å². The summed E-state index contributed by atoms with van der Waals surface area (Å²) in [4.78, 5) is 12.4. The molecule has 25 heavy (non-hydrogen) atoms. The number of benzene rings is 2. The van der Waals surface area contributed by atoms with E-state index in [1.54, 1.807) is 28.9 Å². The number of ketones is 1. The van der Waals surface area contributed by atoms with Gasteiger partial charge in [0, 0.05) is 16.7 Å². The molecule has 0 bridgehead atoms. The van der Waals surface area contributed by atoms with E-state index >= 15 is 0 Å². The molecule has 6 heteroatoms. The topological polar surface area (TPSA) is 51.7 Å². The fraction of sp³-hybridized carbons (Fsp3) is 0.0526. The van der Waals surface area contributed by atoms with Gasteiger partial charge in [-0.2, -0.15) is 4.57 Å². The molecule has 4 aromatic rings. The lowest BCUT2D eigenvalue weighted by Crippen LogP contribution is -2.37. The fourth-order valence-corrected chi connectivity index (χ4v) is 2.79. The third-order valence-electron chi connectivity index (χ3n) is 3.94. The molecule has 2 aromatic carbocycles. The van der Waals surface area contributed by atoms with E-state index in [2.05, 4.69) is 10.3 Å². The first kappa shape index (κ1) is 15.5. The van der Waals surface area contributed by atoms with Gasteiger partial charge in [0.05, 0.1) is 5.69 Å². The Labute approximate surface area is 149 Å². The smallest absolute Gasteiger partial charge is 0.227 e. The van der Waals surface area contributed by atoms with Crippen LogP contribution in [0.25, 0.3) is 16.7 Å². The van der Waals surface area contributed by atoms with Crippen LogP contribution in [0.15, 0.2) is 73.1 Å². The van der Waals surface area contributed by atoms with Crippen molar-refractivity contribution in [2.24, 2.45) is 0 Å². The van der Waals surface area contributed by atoms with Gasteiger partial charge in [-0.15, -0.1) is 5.10 Å². The predicted molar refractivity (Wildman–Crippen MR) is 94.8 cm³/mol. The van der Waals surface area contributed by atoms with E-state index in [1.807, 2.05) is 53.4 Å². The molecule has 0 aliphatic rings. The third kappa shape index (κ3) is 3.14. The van der Waals surface area contributed by atoms with Crippen LogP contribution in [0.2, 0.25) is 5.02 Å². The highest BCUT2D eigenvalue weighted by atomic mass is 35.5. The second-order valence-electron chi connectivity index (χ2n) is 5.65. The van der Waals surface area contributed by atoms with Crippen LogP contribution in [0, 0.1) is 0 Å². The Morgan fingerprint density at radius 3 is 2.56 bits per heavy atom. The highest BCUT2D eigenvalue weighted by molar-refractivity contribution is 6.30. The fourth-order valence-electron chi connectivity index (χ4n) is 2.67. The minimum absolute atomic E-state index is 0.0106. The summed E-state index contributed by atoms with van der Waals surface area (Å²) in [5, 5.41) is 9.03. The minimum atomic E-state index is 0.0106. The summed E-state index contributed by atoms with van der Waals surface area (Å²) in [6, 6.07) is 18.6. The number of hydrogen-bond acceptors (Lipinski definition) is 3. The molecule has 0 unspecified atom stereocenters. The zero-order valence-corrected chi connectivity index (χ0v) is 14.0. The molecule has 0 atom stereocenters. The van der Waals surface area contributed by atoms with Crippen molar-refractivity contribution >= 4 is 28.4 Å². The number of halogens is 1. The normalized spacial score (nSPS) is 10.9. The van der Waals surface area contributed by atoms with Crippen LogP contribution in [0.1, 0.15) is 10.4 Å². The Morgan fingerprint density at radius 1 is 1.04 bits per heavy atom. The summed E-state index contributed by atoms with van der Waals surface area (Å²) < 4.78 is 3.59. The first-order chi connectivity index (χ1) is 12.2. The number of pyridine rings is 1. The summed E-state index contributed by atoms with van der Waals surface area (Å²) in [7, 11) is 0. The third-order valence-corrected chi connectivity index (χ3v) is 4.19. The summed E-state index contributed by atoms with van der Waals surface area (Å²) in [6.07, 6.45) is 3.69. The van der Waals surface area contributed by atoms with Gasteiger partial charge in [-0.3, -0.25) is 4.79 Å². The Bertz CT molecular complexity index is 1040. The van der Waals surface area contributed by atoms with Crippen molar-refractivity contribution in [2.45, 2.75) is 6.54 Å². The molecule has 0 amide bonds. The Kier molecular flexibility index (Phi) is 3.99. The molecule has 2 heterocycles. The van der Waals surface area contributed by atoms with Crippen molar-refractivity contribution in [1.29, 1.82) is 0 Å². The van der Waals surface area contributed by atoms with Gasteiger partial charge in [-0.1, -0.05) is 35.0 Å². The van der Waals surface area contributed by atoms with E-state index in [1.165, 1.54) is 0 Å². The second-order valence-corrected chi connectivity index (χ2v) is 6.09.